The minimum atomic E-state index is -0.262. The molecule has 4 nitrogen and oxygen atoms in total. The molecule has 0 atom stereocenters. The number of aliphatic hydroxyl groups excluding tert-OH is 1. The van der Waals surface area contributed by atoms with E-state index in [1.54, 1.807) is 0 Å². The van der Waals surface area contributed by atoms with Crippen LogP contribution >= 0.6 is 0 Å². The van der Waals surface area contributed by atoms with Crippen molar-refractivity contribution in [2.24, 2.45) is 5.41 Å². The number of aliphatic hydroxyl groups is 1. The van der Waals surface area contributed by atoms with Gasteiger partial charge in [0.2, 0.25) is 0 Å². The van der Waals surface area contributed by atoms with Crippen molar-refractivity contribution in [3.63, 3.8) is 0 Å². The third-order valence-electron chi connectivity index (χ3n) is 2.98. The summed E-state index contributed by atoms with van der Waals surface area (Å²) in [7, 11) is 0. The lowest BCUT2D eigenvalue weighted by Crippen LogP contribution is -2.09. The van der Waals surface area contributed by atoms with Gasteiger partial charge in [0, 0.05) is 5.69 Å². The lowest BCUT2D eigenvalue weighted by atomic mass is 9.89. The van der Waals surface area contributed by atoms with E-state index in [0.29, 0.717) is 18.1 Å². The summed E-state index contributed by atoms with van der Waals surface area (Å²) < 4.78 is 5.63. The van der Waals surface area contributed by atoms with Crippen molar-refractivity contribution in [3.8, 4) is 11.8 Å². The minimum Gasteiger partial charge on any atom is -0.492 e. The van der Waals surface area contributed by atoms with Crippen LogP contribution in [0.4, 0.5) is 0 Å². The van der Waals surface area contributed by atoms with Gasteiger partial charge in [-0.2, -0.15) is 5.26 Å². The van der Waals surface area contributed by atoms with Gasteiger partial charge in [-0.25, -0.2) is 0 Å². The summed E-state index contributed by atoms with van der Waals surface area (Å²) in [5, 5.41) is 18.1. The molecule has 0 aliphatic heterocycles. The van der Waals surface area contributed by atoms with E-state index in [-0.39, 0.29) is 12.0 Å². The van der Waals surface area contributed by atoms with Gasteiger partial charge in [-0.15, -0.1) is 0 Å². The highest BCUT2D eigenvalue weighted by Crippen LogP contribution is 2.22. The number of aryl methyl sites for hydroxylation is 1. The number of rotatable bonds is 7. The molecular formula is C15H22N2O2. The van der Waals surface area contributed by atoms with Crippen LogP contribution in [-0.4, -0.2) is 16.7 Å². The predicted octanol–water partition coefficient (Wildman–Crippen LogP) is 2.98. The third-order valence-corrected chi connectivity index (χ3v) is 2.98. The summed E-state index contributed by atoms with van der Waals surface area (Å²) in [5.74, 6) is 0.646. The van der Waals surface area contributed by atoms with Gasteiger partial charge in [0.15, 0.2) is 0 Å². The minimum absolute atomic E-state index is 0.113. The van der Waals surface area contributed by atoms with Crippen LogP contribution in [0.3, 0.4) is 0 Å². The zero-order valence-corrected chi connectivity index (χ0v) is 11.9. The second-order valence-electron chi connectivity index (χ2n) is 5.36. The van der Waals surface area contributed by atoms with Gasteiger partial charge < -0.3 is 9.84 Å². The zero-order chi connectivity index (χ0) is 14.3. The Hall–Kier alpha value is -1.60. The van der Waals surface area contributed by atoms with Crippen molar-refractivity contribution >= 4 is 0 Å². The van der Waals surface area contributed by atoms with E-state index in [9.17, 15) is 5.11 Å². The van der Waals surface area contributed by atoms with Crippen LogP contribution in [0.15, 0.2) is 12.1 Å². The first-order chi connectivity index (χ1) is 8.98. The van der Waals surface area contributed by atoms with Crippen LogP contribution in [0.2, 0.25) is 0 Å². The van der Waals surface area contributed by atoms with Crippen LogP contribution in [0, 0.1) is 23.7 Å². The summed E-state index contributed by atoms with van der Waals surface area (Å²) in [6.07, 6.45) is 2.71. The first-order valence-corrected chi connectivity index (χ1v) is 6.60. The number of nitrogens with zero attached hydrogens (tertiary/aromatic N) is 2. The average Bonchev–Trinajstić information content (AvgIpc) is 2.39. The maximum atomic E-state index is 9.21. The van der Waals surface area contributed by atoms with Gasteiger partial charge in [-0.1, -0.05) is 0 Å². The topological polar surface area (TPSA) is 66.1 Å². The average molecular weight is 262 g/mol. The Morgan fingerprint density at radius 3 is 2.74 bits per heavy atom. The molecule has 19 heavy (non-hydrogen) atoms. The number of aromatic nitrogens is 1. The molecule has 0 amide bonds. The van der Waals surface area contributed by atoms with E-state index < -0.39 is 0 Å². The molecule has 1 aromatic rings. The molecule has 0 bridgehead atoms. The van der Waals surface area contributed by atoms with Crippen LogP contribution in [0.5, 0.6) is 5.75 Å². The summed E-state index contributed by atoms with van der Waals surface area (Å²) in [5.41, 5.74) is 1.19. The Balaban J connectivity index is 2.36. The van der Waals surface area contributed by atoms with E-state index in [4.69, 9.17) is 10.00 Å². The molecule has 1 rings (SSSR count). The van der Waals surface area contributed by atoms with Gasteiger partial charge in [-0.3, -0.25) is 4.98 Å². The number of hydrogen-bond acceptors (Lipinski definition) is 4. The fraction of sp³-hybridized carbons (Fsp3) is 0.600. The summed E-state index contributed by atoms with van der Waals surface area (Å²) >= 11 is 0. The second kappa shape index (κ2) is 7.10. The molecule has 0 unspecified atom stereocenters. The highest BCUT2D eigenvalue weighted by Gasteiger charge is 2.15. The molecule has 0 saturated carbocycles. The molecule has 0 saturated heterocycles. The maximum absolute atomic E-state index is 9.21. The van der Waals surface area contributed by atoms with Crippen molar-refractivity contribution in [1.82, 2.24) is 4.98 Å². The lowest BCUT2D eigenvalue weighted by Gasteiger charge is -2.15. The van der Waals surface area contributed by atoms with Crippen molar-refractivity contribution in [1.29, 1.82) is 5.26 Å². The van der Waals surface area contributed by atoms with E-state index in [1.807, 2.05) is 32.9 Å². The fourth-order valence-electron chi connectivity index (χ4n) is 1.75. The molecule has 0 spiro atoms. The molecule has 1 heterocycles. The Labute approximate surface area is 115 Å². The molecule has 1 aromatic heterocycles. The predicted molar refractivity (Wildman–Crippen MR) is 73.6 cm³/mol. The van der Waals surface area contributed by atoms with Crippen LogP contribution in [0.1, 0.15) is 44.5 Å². The molecule has 4 heteroatoms. The molecule has 0 fully saturated rings. The van der Waals surface area contributed by atoms with E-state index in [1.165, 1.54) is 0 Å². The van der Waals surface area contributed by atoms with E-state index in [0.717, 1.165) is 25.0 Å². The smallest absolute Gasteiger partial charge is 0.143 e. The second-order valence-corrected chi connectivity index (χ2v) is 5.36. The van der Waals surface area contributed by atoms with Gasteiger partial charge in [-0.05, 0) is 52.2 Å². The maximum Gasteiger partial charge on any atom is 0.143 e. The van der Waals surface area contributed by atoms with Gasteiger partial charge >= 0.3 is 0 Å². The lowest BCUT2D eigenvalue weighted by molar-refractivity contribution is 0.252. The molecule has 0 aromatic carbocycles. The first-order valence-electron chi connectivity index (χ1n) is 6.60. The normalized spacial score (nSPS) is 11.1. The summed E-state index contributed by atoms with van der Waals surface area (Å²) in [6.45, 7) is 6.24. The number of hydrogen-bond donors (Lipinski definition) is 1. The van der Waals surface area contributed by atoms with Crippen LogP contribution in [-0.2, 0) is 6.61 Å². The monoisotopic (exact) mass is 262 g/mol. The molecule has 0 radical (unpaired) electrons. The summed E-state index contributed by atoms with van der Waals surface area (Å²) in [4.78, 5) is 4.22. The molecule has 0 aliphatic carbocycles. The Bertz CT molecular complexity index is 450. The quantitative estimate of drug-likeness (QED) is 0.767. The van der Waals surface area contributed by atoms with Gasteiger partial charge in [0.05, 0.1) is 24.7 Å². The SMILES string of the molecule is Cc1ccc(OCCCCC(C)(C)C#N)c(CO)n1. The van der Waals surface area contributed by atoms with Crippen molar-refractivity contribution in [2.75, 3.05) is 6.61 Å². The van der Waals surface area contributed by atoms with Crippen LogP contribution in [0.25, 0.3) is 0 Å². The number of nitriles is 1. The Morgan fingerprint density at radius 2 is 2.11 bits per heavy atom. The van der Waals surface area contributed by atoms with Gasteiger partial charge in [0.1, 0.15) is 11.4 Å². The van der Waals surface area contributed by atoms with Gasteiger partial charge in [0.25, 0.3) is 0 Å². The number of unbranched alkanes of at least 4 members (excludes halogenated alkanes) is 1. The fourth-order valence-corrected chi connectivity index (χ4v) is 1.75. The zero-order valence-electron chi connectivity index (χ0n) is 11.9. The third kappa shape index (κ3) is 5.27. The highest BCUT2D eigenvalue weighted by atomic mass is 16.5. The summed E-state index contributed by atoms with van der Waals surface area (Å²) in [6, 6.07) is 6.00. The first kappa shape index (κ1) is 15.5. The van der Waals surface area contributed by atoms with E-state index in [2.05, 4.69) is 11.1 Å². The Morgan fingerprint density at radius 1 is 1.37 bits per heavy atom. The highest BCUT2D eigenvalue weighted by molar-refractivity contribution is 5.28. The van der Waals surface area contributed by atoms with Crippen molar-refractivity contribution in [2.45, 2.75) is 46.6 Å². The van der Waals surface area contributed by atoms with Crippen molar-refractivity contribution in [3.05, 3.63) is 23.5 Å². The van der Waals surface area contributed by atoms with Crippen molar-refractivity contribution < 1.29 is 9.84 Å². The number of ether oxygens (including phenoxy) is 1. The molecule has 1 N–H and O–H groups in total. The molecular weight excluding hydrogens is 240 g/mol. The molecule has 104 valence electrons. The molecule has 0 aliphatic rings. The standard InChI is InChI=1S/C15H22N2O2/c1-12-6-7-14(13(10-18)17-12)19-9-5-4-8-15(2,3)11-16/h6-7,18H,4-5,8-10H2,1-3H3. The Kier molecular flexibility index (Phi) is 5.78. The number of pyridine rings is 1. The largest absolute Gasteiger partial charge is 0.492 e. The van der Waals surface area contributed by atoms with Crippen LogP contribution < -0.4 is 4.74 Å². The van der Waals surface area contributed by atoms with E-state index >= 15 is 0 Å².